The molecule has 116 valence electrons. The summed E-state index contributed by atoms with van der Waals surface area (Å²) in [6, 6.07) is 3.76. The van der Waals surface area contributed by atoms with Gasteiger partial charge in [-0.15, -0.1) is 0 Å². The number of halogens is 3. The Morgan fingerprint density at radius 2 is 2.05 bits per heavy atom. The molecule has 2 aliphatic rings. The van der Waals surface area contributed by atoms with E-state index in [4.69, 9.17) is 5.73 Å². The van der Waals surface area contributed by atoms with E-state index in [1.165, 1.54) is 5.56 Å². The molecule has 2 N–H and O–H groups in total. The summed E-state index contributed by atoms with van der Waals surface area (Å²) in [7, 11) is 0. The summed E-state index contributed by atoms with van der Waals surface area (Å²) < 4.78 is 38.8. The van der Waals surface area contributed by atoms with Crippen LogP contribution in [-0.4, -0.2) is 17.2 Å². The fourth-order valence-electron chi connectivity index (χ4n) is 4.02. The highest BCUT2D eigenvalue weighted by molar-refractivity contribution is 5.30. The number of hydrogen-bond acceptors (Lipinski definition) is 2. The summed E-state index contributed by atoms with van der Waals surface area (Å²) in [5.74, 6) is -1.09. The molecule has 5 heteroatoms. The van der Waals surface area contributed by atoms with Gasteiger partial charge in [0.05, 0.1) is 5.92 Å². The van der Waals surface area contributed by atoms with Gasteiger partial charge in [0.15, 0.2) is 0 Å². The van der Waals surface area contributed by atoms with Gasteiger partial charge in [-0.2, -0.15) is 13.2 Å². The van der Waals surface area contributed by atoms with Gasteiger partial charge in [-0.3, -0.25) is 4.98 Å². The molecular weight excluding hydrogens is 277 g/mol. The van der Waals surface area contributed by atoms with Crippen molar-refractivity contribution in [3.63, 3.8) is 0 Å². The van der Waals surface area contributed by atoms with Gasteiger partial charge in [0.25, 0.3) is 0 Å². The van der Waals surface area contributed by atoms with Gasteiger partial charge in [0.2, 0.25) is 0 Å². The number of aryl methyl sites for hydroxylation is 1. The van der Waals surface area contributed by atoms with Crippen molar-refractivity contribution in [3.8, 4) is 0 Å². The third-order valence-corrected chi connectivity index (χ3v) is 5.19. The zero-order valence-electron chi connectivity index (χ0n) is 11.9. The fourth-order valence-corrected chi connectivity index (χ4v) is 4.02. The number of alkyl halides is 3. The van der Waals surface area contributed by atoms with Crippen LogP contribution in [0.25, 0.3) is 0 Å². The van der Waals surface area contributed by atoms with E-state index in [1.54, 1.807) is 6.20 Å². The van der Waals surface area contributed by atoms with Crippen LogP contribution in [-0.2, 0) is 6.42 Å². The summed E-state index contributed by atoms with van der Waals surface area (Å²) in [4.78, 5) is 4.42. The first-order valence-electron chi connectivity index (χ1n) is 7.73. The number of nitrogens with two attached hydrogens (primary N) is 1. The molecule has 2 aliphatic carbocycles. The lowest BCUT2D eigenvalue weighted by Gasteiger charge is -2.36. The van der Waals surface area contributed by atoms with Crippen LogP contribution in [0.15, 0.2) is 18.3 Å². The average molecular weight is 298 g/mol. The molecule has 0 aliphatic heterocycles. The van der Waals surface area contributed by atoms with Gasteiger partial charge in [0, 0.05) is 23.9 Å². The third kappa shape index (κ3) is 2.93. The molecule has 0 spiro atoms. The number of pyridine rings is 1. The van der Waals surface area contributed by atoms with Crippen molar-refractivity contribution in [2.75, 3.05) is 0 Å². The number of hydrogen-bond donors (Lipinski definition) is 1. The highest BCUT2D eigenvalue weighted by Gasteiger charge is 2.44. The Balaban J connectivity index is 1.73. The first-order chi connectivity index (χ1) is 9.97. The summed E-state index contributed by atoms with van der Waals surface area (Å²) in [6.07, 6.45) is 1.41. The van der Waals surface area contributed by atoms with E-state index < -0.39 is 12.1 Å². The minimum atomic E-state index is -4.08. The van der Waals surface area contributed by atoms with E-state index in [1.807, 2.05) is 6.07 Å². The summed E-state index contributed by atoms with van der Waals surface area (Å²) >= 11 is 0. The molecule has 0 bridgehead atoms. The van der Waals surface area contributed by atoms with E-state index in [0.29, 0.717) is 6.42 Å². The molecule has 0 saturated heterocycles. The number of fused-ring (bicyclic) bond motifs is 1. The Labute approximate surface area is 122 Å². The molecule has 2 nitrogen and oxygen atoms in total. The molecule has 0 amide bonds. The zero-order chi connectivity index (χ0) is 15.0. The highest BCUT2D eigenvalue weighted by Crippen LogP contribution is 2.44. The maximum absolute atomic E-state index is 12.9. The predicted molar refractivity (Wildman–Crippen MR) is 74.8 cm³/mol. The second-order valence-corrected chi connectivity index (χ2v) is 6.44. The second kappa shape index (κ2) is 5.59. The minimum absolute atomic E-state index is 0.0386. The van der Waals surface area contributed by atoms with E-state index in [2.05, 4.69) is 11.1 Å². The van der Waals surface area contributed by atoms with Crippen LogP contribution in [0.5, 0.6) is 0 Å². The van der Waals surface area contributed by atoms with E-state index in [-0.39, 0.29) is 30.7 Å². The van der Waals surface area contributed by atoms with Crippen molar-refractivity contribution in [1.82, 2.24) is 4.98 Å². The van der Waals surface area contributed by atoms with Crippen LogP contribution >= 0.6 is 0 Å². The molecule has 21 heavy (non-hydrogen) atoms. The topological polar surface area (TPSA) is 38.9 Å². The zero-order valence-corrected chi connectivity index (χ0v) is 11.9. The molecule has 1 aromatic rings. The van der Waals surface area contributed by atoms with Crippen LogP contribution in [0, 0.1) is 11.8 Å². The predicted octanol–water partition coefficient (Wildman–Crippen LogP) is 3.81. The largest absolute Gasteiger partial charge is 0.391 e. The van der Waals surface area contributed by atoms with Gasteiger partial charge in [-0.25, -0.2) is 0 Å². The number of nitrogens with zero attached hydrogens (tertiary/aromatic N) is 1. The summed E-state index contributed by atoms with van der Waals surface area (Å²) in [5.41, 5.74) is 8.59. The lowest BCUT2D eigenvalue weighted by molar-refractivity contribution is -0.186. The lowest BCUT2D eigenvalue weighted by Crippen LogP contribution is -2.40. The molecule has 1 aromatic heterocycles. The maximum Gasteiger partial charge on any atom is 0.391 e. The fraction of sp³-hybridized carbons (Fsp3) is 0.688. The average Bonchev–Trinajstić information content (AvgIpc) is 2.90. The first-order valence-corrected chi connectivity index (χ1v) is 7.73. The summed E-state index contributed by atoms with van der Waals surface area (Å²) in [5, 5.41) is 0. The van der Waals surface area contributed by atoms with E-state index in [0.717, 1.165) is 25.0 Å². The summed E-state index contributed by atoms with van der Waals surface area (Å²) in [6.45, 7) is 0. The van der Waals surface area contributed by atoms with E-state index >= 15 is 0 Å². The van der Waals surface area contributed by atoms with E-state index in [9.17, 15) is 13.2 Å². The van der Waals surface area contributed by atoms with Gasteiger partial charge in [-0.1, -0.05) is 12.5 Å². The van der Waals surface area contributed by atoms with Gasteiger partial charge in [0.1, 0.15) is 0 Å². The molecular formula is C16H21F3N2. The lowest BCUT2D eigenvalue weighted by atomic mass is 9.74. The second-order valence-electron chi connectivity index (χ2n) is 6.44. The number of aromatic nitrogens is 1. The Kier molecular flexibility index (Phi) is 3.95. The van der Waals surface area contributed by atoms with Crippen molar-refractivity contribution in [1.29, 1.82) is 0 Å². The Morgan fingerprint density at radius 1 is 1.24 bits per heavy atom. The molecule has 1 saturated carbocycles. The Bertz CT molecular complexity index is 501. The normalized spacial score (nSPS) is 31.0. The highest BCUT2D eigenvalue weighted by atomic mass is 19.4. The molecule has 3 rings (SSSR count). The van der Waals surface area contributed by atoms with Crippen LogP contribution in [0.3, 0.4) is 0 Å². The van der Waals surface area contributed by atoms with Crippen molar-refractivity contribution in [2.24, 2.45) is 17.6 Å². The quantitative estimate of drug-likeness (QED) is 0.901. The third-order valence-electron chi connectivity index (χ3n) is 5.19. The smallest absolute Gasteiger partial charge is 0.327 e. The molecule has 1 heterocycles. The van der Waals surface area contributed by atoms with Crippen LogP contribution in [0.2, 0.25) is 0 Å². The first kappa shape index (κ1) is 14.8. The molecule has 1 fully saturated rings. The van der Waals surface area contributed by atoms with Crippen LogP contribution in [0.1, 0.15) is 49.3 Å². The van der Waals surface area contributed by atoms with Crippen molar-refractivity contribution in [2.45, 2.75) is 56.7 Å². The molecule has 4 unspecified atom stereocenters. The van der Waals surface area contributed by atoms with Crippen molar-refractivity contribution < 1.29 is 13.2 Å². The minimum Gasteiger partial charge on any atom is -0.327 e. The van der Waals surface area contributed by atoms with Crippen molar-refractivity contribution >= 4 is 0 Å². The Hall–Kier alpha value is -1.10. The number of rotatable bonds is 2. The van der Waals surface area contributed by atoms with Crippen LogP contribution < -0.4 is 5.73 Å². The van der Waals surface area contributed by atoms with Gasteiger partial charge in [-0.05, 0) is 49.7 Å². The molecule has 0 radical (unpaired) electrons. The van der Waals surface area contributed by atoms with Crippen LogP contribution in [0.4, 0.5) is 13.2 Å². The maximum atomic E-state index is 12.9. The standard InChI is InChI=1S/C16H21F3N2/c17-16(18,19)12-5-1-3-11(9-12)14(20)13-7-6-10-4-2-8-21-15(10)13/h2,4,8,11-14H,1,3,5-7,9,20H2. The monoisotopic (exact) mass is 298 g/mol. The van der Waals surface area contributed by atoms with Crippen molar-refractivity contribution in [3.05, 3.63) is 29.6 Å². The molecule has 0 aromatic carbocycles. The van der Waals surface area contributed by atoms with Gasteiger partial charge < -0.3 is 5.73 Å². The Morgan fingerprint density at radius 3 is 2.81 bits per heavy atom. The SMILES string of the molecule is NC(C1CCCC(C(F)(F)F)C1)C1CCc2cccnc21. The molecule has 4 atom stereocenters. The van der Waals surface area contributed by atoms with Gasteiger partial charge >= 0.3 is 6.18 Å².